The van der Waals surface area contributed by atoms with Crippen LogP contribution < -0.4 is 0 Å². The third-order valence-corrected chi connectivity index (χ3v) is 4.29. The minimum Gasteiger partial charge on any atom is -0.298 e. The maximum atomic E-state index is 12.8. The molecule has 0 bridgehead atoms. The van der Waals surface area contributed by atoms with Crippen molar-refractivity contribution in [2.24, 2.45) is 0 Å². The number of halogens is 1. The number of para-hydroxylation sites is 1. The first kappa shape index (κ1) is 14.0. The predicted octanol–water partition coefficient (Wildman–Crippen LogP) is 4.06. The number of nitrogens with zero attached hydrogens (tertiary/aromatic N) is 1. The molecule has 0 aliphatic carbocycles. The van der Waals surface area contributed by atoms with Gasteiger partial charge in [0.25, 0.3) is 5.91 Å². The Morgan fingerprint density at radius 3 is 2.43 bits per heavy atom. The highest BCUT2D eigenvalue weighted by atomic mass is 127. The molecule has 4 heteroatoms. The van der Waals surface area contributed by atoms with Crippen molar-refractivity contribution in [2.45, 2.75) is 6.92 Å². The number of benzene rings is 2. The van der Waals surface area contributed by atoms with Gasteiger partial charge in [-0.25, -0.2) is 0 Å². The van der Waals surface area contributed by atoms with Crippen LogP contribution >= 0.6 is 22.6 Å². The lowest BCUT2D eigenvalue weighted by atomic mass is 10.1. The van der Waals surface area contributed by atoms with Crippen molar-refractivity contribution >= 4 is 45.7 Å². The van der Waals surface area contributed by atoms with Crippen LogP contribution in [0, 0.1) is 10.5 Å². The van der Waals surface area contributed by atoms with Gasteiger partial charge >= 0.3 is 0 Å². The quantitative estimate of drug-likeness (QED) is 0.490. The summed E-state index contributed by atoms with van der Waals surface area (Å²) < 4.78 is 2.69. The lowest BCUT2D eigenvalue weighted by Gasteiger charge is -2.07. The predicted molar refractivity (Wildman–Crippen MR) is 91.0 cm³/mol. The third kappa shape index (κ3) is 2.29. The Labute approximate surface area is 135 Å². The van der Waals surface area contributed by atoms with Crippen LogP contribution in [0.25, 0.3) is 10.9 Å². The molecule has 0 aliphatic heterocycles. The van der Waals surface area contributed by atoms with Crippen molar-refractivity contribution in [3.8, 4) is 0 Å². The first-order valence-electron chi connectivity index (χ1n) is 6.49. The van der Waals surface area contributed by atoms with E-state index < -0.39 is 0 Å². The summed E-state index contributed by atoms with van der Waals surface area (Å²) in [6.45, 7) is 1.80. The number of hydrogen-bond acceptors (Lipinski definition) is 2. The number of carbonyl (C=O) groups excluding carboxylic acids is 2. The molecule has 0 spiro atoms. The maximum Gasteiger partial charge on any atom is 0.262 e. The zero-order valence-electron chi connectivity index (χ0n) is 11.3. The van der Waals surface area contributed by atoms with Crippen LogP contribution in [-0.4, -0.2) is 16.8 Å². The summed E-state index contributed by atoms with van der Waals surface area (Å²) in [5, 5.41) is 0.809. The molecule has 0 saturated carbocycles. The first-order valence-corrected chi connectivity index (χ1v) is 7.57. The van der Waals surface area contributed by atoms with E-state index in [2.05, 4.69) is 22.6 Å². The Bertz CT molecular complexity index is 847. The molecule has 104 valence electrons. The molecule has 0 aliphatic rings. The SMILES string of the molecule is Cc1c(C=O)c2ccccc2n1C(=O)c1ccc(I)cc1. The maximum absolute atomic E-state index is 12.8. The van der Waals surface area contributed by atoms with Crippen molar-refractivity contribution < 1.29 is 9.59 Å². The normalized spacial score (nSPS) is 10.8. The van der Waals surface area contributed by atoms with Crippen molar-refractivity contribution in [1.82, 2.24) is 4.57 Å². The largest absolute Gasteiger partial charge is 0.298 e. The Morgan fingerprint density at radius 1 is 1.10 bits per heavy atom. The van der Waals surface area contributed by atoms with Gasteiger partial charge in [0, 0.05) is 25.8 Å². The Kier molecular flexibility index (Phi) is 3.63. The molecular formula is C17H12INO2. The average molecular weight is 389 g/mol. The summed E-state index contributed by atoms with van der Waals surface area (Å²) in [6.07, 6.45) is 0.815. The minimum absolute atomic E-state index is 0.117. The number of rotatable bonds is 2. The number of carbonyl (C=O) groups is 2. The van der Waals surface area contributed by atoms with Gasteiger partial charge in [-0.15, -0.1) is 0 Å². The topological polar surface area (TPSA) is 39.1 Å². The van der Waals surface area contributed by atoms with E-state index in [4.69, 9.17) is 0 Å². The average Bonchev–Trinajstić information content (AvgIpc) is 2.78. The van der Waals surface area contributed by atoms with Gasteiger partial charge in [-0.3, -0.25) is 14.2 Å². The molecule has 0 atom stereocenters. The zero-order chi connectivity index (χ0) is 15.0. The summed E-state index contributed by atoms with van der Waals surface area (Å²) in [6, 6.07) is 14.9. The van der Waals surface area contributed by atoms with Gasteiger partial charge in [-0.05, 0) is 59.8 Å². The van der Waals surface area contributed by atoms with E-state index in [0.29, 0.717) is 16.8 Å². The summed E-state index contributed by atoms with van der Waals surface area (Å²) in [7, 11) is 0. The van der Waals surface area contributed by atoms with Crippen molar-refractivity contribution in [3.05, 3.63) is 68.9 Å². The van der Waals surface area contributed by atoms with E-state index in [0.717, 1.165) is 20.8 Å². The van der Waals surface area contributed by atoms with Crippen molar-refractivity contribution in [2.75, 3.05) is 0 Å². The lowest BCUT2D eigenvalue weighted by Crippen LogP contribution is -2.13. The number of hydrogen-bond donors (Lipinski definition) is 0. The fraction of sp³-hybridized carbons (Fsp3) is 0.0588. The smallest absolute Gasteiger partial charge is 0.262 e. The Hall–Kier alpha value is -1.95. The molecule has 3 rings (SSSR count). The molecule has 1 heterocycles. The van der Waals surface area contributed by atoms with Gasteiger partial charge in [-0.2, -0.15) is 0 Å². The molecule has 0 saturated heterocycles. The molecule has 3 nitrogen and oxygen atoms in total. The van der Waals surface area contributed by atoms with Crippen LogP contribution in [-0.2, 0) is 0 Å². The number of aldehydes is 1. The van der Waals surface area contributed by atoms with E-state index in [1.165, 1.54) is 0 Å². The van der Waals surface area contributed by atoms with E-state index in [1.54, 1.807) is 23.6 Å². The molecule has 1 aromatic heterocycles. The molecule has 21 heavy (non-hydrogen) atoms. The van der Waals surface area contributed by atoms with Gasteiger partial charge in [0.05, 0.1) is 5.52 Å². The standard InChI is InChI=1S/C17H12INO2/c1-11-15(10-20)14-4-2-3-5-16(14)19(11)17(21)12-6-8-13(18)9-7-12/h2-10H,1H3. The second-order valence-electron chi connectivity index (χ2n) is 4.78. The highest BCUT2D eigenvalue weighted by Gasteiger charge is 2.18. The van der Waals surface area contributed by atoms with E-state index in [1.807, 2.05) is 36.4 Å². The summed E-state index contributed by atoms with van der Waals surface area (Å²) in [5.74, 6) is -0.117. The molecular weight excluding hydrogens is 377 g/mol. The van der Waals surface area contributed by atoms with Crippen LogP contribution in [0.3, 0.4) is 0 Å². The zero-order valence-corrected chi connectivity index (χ0v) is 13.5. The lowest BCUT2D eigenvalue weighted by molar-refractivity contribution is 0.0963. The number of aromatic nitrogens is 1. The third-order valence-electron chi connectivity index (χ3n) is 3.57. The summed E-state index contributed by atoms with van der Waals surface area (Å²) in [5.41, 5.74) is 2.62. The van der Waals surface area contributed by atoms with Crippen LogP contribution in [0.2, 0.25) is 0 Å². The first-order chi connectivity index (χ1) is 10.1. The van der Waals surface area contributed by atoms with E-state index in [-0.39, 0.29) is 5.91 Å². The van der Waals surface area contributed by atoms with Crippen LogP contribution in [0.1, 0.15) is 26.4 Å². The molecule has 0 amide bonds. The van der Waals surface area contributed by atoms with Crippen LogP contribution in [0.15, 0.2) is 48.5 Å². The number of fused-ring (bicyclic) bond motifs is 1. The molecule has 3 aromatic rings. The fourth-order valence-corrected chi connectivity index (χ4v) is 2.88. The van der Waals surface area contributed by atoms with E-state index >= 15 is 0 Å². The highest BCUT2D eigenvalue weighted by molar-refractivity contribution is 14.1. The Morgan fingerprint density at radius 2 is 1.76 bits per heavy atom. The summed E-state index contributed by atoms with van der Waals surface area (Å²) >= 11 is 2.20. The second-order valence-corrected chi connectivity index (χ2v) is 6.03. The second kappa shape index (κ2) is 5.44. The van der Waals surface area contributed by atoms with Gasteiger partial charge in [0.2, 0.25) is 0 Å². The molecule has 0 fully saturated rings. The molecule has 2 aromatic carbocycles. The fourth-order valence-electron chi connectivity index (χ4n) is 2.52. The van der Waals surface area contributed by atoms with Gasteiger partial charge in [0.15, 0.2) is 6.29 Å². The Balaban J connectivity index is 2.25. The van der Waals surface area contributed by atoms with Crippen molar-refractivity contribution in [1.29, 1.82) is 0 Å². The molecule has 0 unspecified atom stereocenters. The van der Waals surface area contributed by atoms with Crippen LogP contribution in [0.4, 0.5) is 0 Å². The monoisotopic (exact) mass is 389 g/mol. The summed E-state index contributed by atoms with van der Waals surface area (Å²) in [4.78, 5) is 24.1. The minimum atomic E-state index is -0.117. The molecule has 0 radical (unpaired) electrons. The van der Waals surface area contributed by atoms with Gasteiger partial charge in [-0.1, -0.05) is 18.2 Å². The van der Waals surface area contributed by atoms with Crippen LogP contribution in [0.5, 0.6) is 0 Å². The molecule has 0 N–H and O–H groups in total. The van der Waals surface area contributed by atoms with E-state index in [9.17, 15) is 9.59 Å². The highest BCUT2D eigenvalue weighted by Crippen LogP contribution is 2.25. The van der Waals surface area contributed by atoms with Gasteiger partial charge < -0.3 is 0 Å². The van der Waals surface area contributed by atoms with Crippen molar-refractivity contribution in [3.63, 3.8) is 0 Å². The van der Waals surface area contributed by atoms with Gasteiger partial charge in [0.1, 0.15) is 0 Å².